The molecule has 3 rings (SSSR count). The van der Waals surface area contributed by atoms with Gasteiger partial charge in [-0.05, 0) is 48.3 Å². The second-order valence-electron chi connectivity index (χ2n) is 6.84. The molecule has 0 bridgehead atoms. The third-order valence-electron chi connectivity index (χ3n) is 4.06. The van der Waals surface area contributed by atoms with E-state index >= 15 is 0 Å². The first kappa shape index (κ1) is 21.6. The average molecular weight is 477 g/mol. The van der Waals surface area contributed by atoms with Crippen LogP contribution < -0.4 is 10.6 Å². The summed E-state index contributed by atoms with van der Waals surface area (Å²) < 4.78 is 2.59. The van der Waals surface area contributed by atoms with Gasteiger partial charge in [0.2, 0.25) is 0 Å². The van der Waals surface area contributed by atoms with Gasteiger partial charge in [0.1, 0.15) is 5.82 Å². The van der Waals surface area contributed by atoms with Gasteiger partial charge in [0.25, 0.3) is 5.91 Å². The summed E-state index contributed by atoms with van der Waals surface area (Å²) >= 11 is 5.05. The molecule has 2 aromatic heterocycles. The Hall–Kier alpha value is -2.13. The predicted octanol–water partition coefficient (Wildman–Crippen LogP) is 4.34. The van der Waals surface area contributed by atoms with Gasteiger partial charge in [-0.2, -0.15) is 5.10 Å². The standard InChI is InChI=1S/C20H25BrN6OS/c1-4-11-29-20-25-17(24-13(2)3)15-12-23-27(18(15)26-20)10-9-22-19(28)14-7-5-6-8-16(14)21/h5-8,12-13H,4,9-11H2,1-3H3,(H,22,28)(H,24,25,26). The van der Waals surface area contributed by atoms with Crippen molar-refractivity contribution in [2.75, 3.05) is 17.6 Å². The number of nitrogens with zero attached hydrogens (tertiary/aromatic N) is 4. The topological polar surface area (TPSA) is 84.7 Å². The fourth-order valence-electron chi connectivity index (χ4n) is 2.76. The lowest BCUT2D eigenvalue weighted by Gasteiger charge is -2.12. The summed E-state index contributed by atoms with van der Waals surface area (Å²) in [6, 6.07) is 7.62. The largest absolute Gasteiger partial charge is 0.367 e. The molecule has 9 heteroatoms. The highest BCUT2D eigenvalue weighted by Gasteiger charge is 2.15. The van der Waals surface area contributed by atoms with Crippen molar-refractivity contribution in [2.45, 2.75) is 44.9 Å². The SMILES string of the molecule is CCCSc1nc(NC(C)C)c2cnn(CCNC(=O)c3ccccc3Br)c2n1. The number of aromatic nitrogens is 4. The summed E-state index contributed by atoms with van der Waals surface area (Å²) in [6.07, 6.45) is 2.84. The summed E-state index contributed by atoms with van der Waals surface area (Å²) in [7, 11) is 0. The minimum atomic E-state index is -0.120. The van der Waals surface area contributed by atoms with E-state index in [0.29, 0.717) is 18.7 Å². The van der Waals surface area contributed by atoms with Crippen molar-refractivity contribution < 1.29 is 4.79 Å². The number of anilines is 1. The smallest absolute Gasteiger partial charge is 0.252 e. The molecule has 3 aromatic rings. The van der Waals surface area contributed by atoms with Crippen molar-refractivity contribution >= 4 is 50.5 Å². The van der Waals surface area contributed by atoms with Crippen molar-refractivity contribution in [1.82, 2.24) is 25.1 Å². The quantitative estimate of drug-likeness (QED) is 0.352. The summed E-state index contributed by atoms with van der Waals surface area (Å²) in [4.78, 5) is 21.8. The molecule has 0 saturated heterocycles. The molecule has 0 aliphatic carbocycles. The highest BCUT2D eigenvalue weighted by Crippen LogP contribution is 2.25. The lowest BCUT2D eigenvalue weighted by Crippen LogP contribution is -2.27. The molecule has 0 radical (unpaired) electrons. The predicted molar refractivity (Wildman–Crippen MR) is 122 cm³/mol. The Morgan fingerprint density at radius 2 is 2.07 bits per heavy atom. The van der Waals surface area contributed by atoms with Crippen LogP contribution in [0.4, 0.5) is 5.82 Å². The third-order valence-corrected chi connectivity index (χ3v) is 5.81. The molecule has 0 aliphatic rings. The molecule has 29 heavy (non-hydrogen) atoms. The number of rotatable bonds is 9. The van der Waals surface area contributed by atoms with Gasteiger partial charge in [-0.3, -0.25) is 4.79 Å². The van der Waals surface area contributed by atoms with Crippen LogP contribution in [0.2, 0.25) is 0 Å². The Balaban J connectivity index is 1.76. The monoisotopic (exact) mass is 476 g/mol. The maximum Gasteiger partial charge on any atom is 0.252 e. The number of benzene rings is 1. The highest BCUT2D eigenvalue weighted by molar-refractivity contribution is 9.10. The first-order valence-corrected chi connectivity index (χ1v) is 11.4. The van der Waals surface area contributed by atoms with E-state index < -0.39 is 0 Å². The minimum absolute atomic E-state index is 0.120. The van der Waals surface area contributed by atoms with Crippen molar-refractivity contribution in [3.8, 4) is 0 Å². The highest BCUT2D eigenvalue weighted by atomic mass is 79.9. The van der Waals surface area contributed by atoms with Crippen LogP contribution in [0, 0.1) is 0 Å². The molecule has 154 valence electrons. The number of halogens is 1. The third kappa shape index (κ3) is 5.48. The van der Waals surface area contributed by atoms with Crippen molar-refractivity contribution in [2.24, 2.45) is 0 Å². The van der Waals surface area contributed by atoms with Gasteiger partial charge in [0, 0.05) is 22.8 Å². The van der Waals surface area contributed by atoms with Gasteiger partial charge < -0.3 is 10.6 Å². The van der Waals surface area contributed by atoms with Crippen LogP contribution in [0.25, 0.3) is 11.0 Å². The van der Waals surface area contributed by atoms with E-state index in [0.717, 1.165) is 38.7 Å². The van der Waals surface area contributed by atoms with Gasteiger partial charge in [-0.15, -0.1) is 0 Å². The van der Waals surface area contributed by atoms with Gasteiger partial charge in [0.15, 0.2) is 10.8 Å². The second kappa shape index (κ2) is 10.1. The maximum atomic E-state index is 12.4. The van der Waals surface area contributed by atoms with Crippen LogP contribution in [0.15, 0.2) is 40.1 Å². The Morgan fingerprint density at radius 3 is 2.79 bits per heavy atom. The van der Waals surface area contributed by atoms with Crippen molar-refractivity contribution in [1.29, 1.82) is 0 Å². The summed E-state index contributed by atoms with van der Waals surface area (Å²) in [5.74, 6) is 1.64. The molecule has 2 heterocycles. The second-order valence-corrected chi connectivity index (χ2v) is 8.76. The number of fused-ring (bicyclic) bond motifs is 1. The molecular formula is C20H25BrN6OS. The van der Waals surface area contributed by atoms with E-state index in [-0.39, 0.29) is 11.9 Å². The van der Waals surface area contributed by atoms with Crippen LogP contribution in [-0.2, 0) is 6.54 Å². The minimum Gasteiger partial charge on any atom is -0.367 e. The van der Waals surface area contributed by atoms with Crippen LogP contribution in [0.3, 0.4) is 0 Å². The van der Waals surface area contributed by atoms with E-state index in [1.54, 1.807) is 24.0 Å². The normalized spacial score (nSPS) is 11.2. The van der Waals surface area contributed by atoms with E-state index in [1.165, 1.54) is 0 Å². The first-order chi connectivity index (χ1) is 14.0. The van der Waals surface area contributed by atoms with E-state index in [4.69, 9.17) is 4.98 Å². The molecule has 1 amide bonds. The first-order valence-electron chi connectivity index (χ1n) is 9.65. The number of carbonyl (C=O) groups excluding carboxylic acids is 1. The Labute approximate surface area is 183 Å². The molecule has 7 nitrogen and oxygen atoms in total. The number of amides is 1. The summed E-state index contributed by atoms with van der Waals surface area (Å²) in [6.45, 7) is 7.26. The van der Waals surface area contributed by atoms with Crippen molar-refractivity contribution in [3.63, 3.8) is 0 Å². The molecule has 1 aromatic carbocycles. The fraction of sp³-hybridized carbons (Fsp3) is 0.400. The number of thioether (sulfide) groups is 1. The average Bonchev–Trinajstić information content (AvgIpc) is 3.09. The lowest BCUT2D eigenvalue weighted by atomic mass is 10.2. The molecule has 0 unspecified atom stereocenters. The van der Waals surface area contributed by atoms with E-state index in [1.807, 2.05) is 22.9 Å². The Morgan fingerprint density at radius 1 is 1.28 bits per heavy atom. The fourth-order valence-corrected chi connectivity index (χ4v) is 3.91. The molecule has 0 saturated carbocycles. The van der Waals surface area contributed by atoms with E-state index in [9.17, 15) is 4.79 Å². The maximum absolute atomic E-state index is 12.4. The van der Waals surface area contributed by atoms with Crippen LogP contribution in [-0.4, -0.2) is 44.0 Å². The van der Waals surface area contributed by atoms with Crippen LogP contribution in [0.5, 0.6) is 0 Å². The zero-order valence-electron chi connectivity index (χ0n) is 16.8. The lowest BCUT2D eigenvalue weighted by molar-refractivity contribution is 0.0951. The molecule has 0 fully saturated rings. The van der Waals surface area contributed by atoms with Crippen LogP contribution >= 0.6 is 27.7 Å². The number of carbonyl (C=O) groups is 1. The molecule has 0 aliphatic heterocycles. The molecule has 0 spiro atoms. The zero-order chi connectivity index (χ0) is 20.8. The summed E-state index contributed by atoms with van der Waals surface area (Å²) in [5.41, 5.74) is 1.39. The zero-order valence-corrected chi connectivity index (χ0v) is 19.2. The van der Waals surface area contributed by atoms with Gasteiger partial charge in [-0.1, -0.05) is 30.8 Å². The van der Waals surface area contributed by atoms with E-state index in [2.05, 4.69) is 57.4 Å². The number of hydrogen-bond acceptors (Lipinski definition) is 6. The molecule has 2 N–H and O–H groups in total. The number of nitrogens with one attached hydrogen (secondary N) is 2. The molecular weight excluding hydrogens is 452 g/mol. The van der Waals surface area contributed by atoms with Gasteiger partial charge in [-0.25, -0.2) is 14.6 Å². The van der Waals surface area contributed by atoms with Crippen LogP contribution in [0.1, 0.15) is 37.6 Å². The summed E-state index contributed by atoms with van der Waals surface area (Å²) in [5, 5.41) is 12.4. The van der Waals surface area contributed by atoms with Crippen molar-refractivity contribution in [3.05, 3.63) is 40.5 Å². The number of hydrogen-bond donors (Lipinski definition) is 2. The molecule has 0 atom stereocenters. The Kier molecular flexibility index (Phi) is 7.49. The van der Waals surface area contributed by atoms with Gasteiger partial charge in [0.05, 0.1) is 23.7 Å². The van der Waals surface area contributed by atoms with Gasteiger partial charge >= 0.3 is 0 Å². The Bertz CT molecular complexity index is 990.